The van der Waals surface area contributed by atoms with Gasteiger partial charge < -0.3 is 0 Å². The summed E-state index contributed by atoms with van der Waals surface area (Å²) >= 11 is 2.03. The third kappa shape index (κ3) is 5.35. The summed E-state index contributed by atoms with van der Waals surface area (Å²) in [4.78, 5) is 16.6. The third-order valence-electron chi connectivity index (χ3n) is 4.77. The van der Waals surface area contributed by atoms with Crippen LogP contribution in [0.25, 0.3) is 5.69 Å². The normalized spacial score (nSPS) is 12.9. The van der Waals surface area contributed by atoms with Crippen LogP contribution in [0.1, 0.15) is 23.4 Å². The van der Waals surface area contributed by atoms with Gasteiger partial charge in [-0.15, -0.1) is 23.1 Å². The number of hydrogen-bond acceptors (Lipinski definition) is 6. The number of sulfonamides is 1. The van der Waals surface area contributed by atoms with Crippen LogP contribution in [0.15, 0.2) is 38.2 Å². The highest BCUT2D eigenvalue weighted by molar-refractivity contribution is 8.01. The van der Waals surface area contributed by atoms with Crippen molar-refractivity contribution in [3.05, 3.63) is 51.1 Å². The summed E-state index contributed by atoms with van der Waals surface area (Å²) in [5.74, 6) is -5.97. The highest BCUT2D eigenvalue weighted by Crippen LogP contribution is 2.41. The molecule has 0 aromatic heterocycles. The second kappa shape index (κ2) is 9.41. The number of anilines is 1. The summed E-state index contributed by atoms with van der Waals surface area (Å²) in [7, 11) is -4.27. The summed E-state index contributed by atoms with van der Waals surface area (Å²) in [6, 6.07) is 3.91. The third-order valence-corrected chi connectivity index (χ3v) is 8.66. The maximum Gasteiger partial charge on any atom is 0.453 e. The minimum atomic E-state index is -5.65. The topological polar surface area (TPSA) is 81.1 Å². The Bertz CT molecular complexity index is 1320. The van der Waals surface area contributed by atoms with E-state index in [0.29, 0.717) is 14.8 Å². The monoisotopic (exact) mass is 545 g/mol. The first-order chi connectivity index (χ1) is 15.6. The van der Waals surface area contributed by atoms with Gasteiger partial charge in [-0.2, -0.15) is 26.9 Å². The van der Waals surface area contributed by atoms with Crippen molar-refractivity contribution in [3.8, 4) is 5.69 Å². The van der Waals surface area contributed by atoms with Crippen LogP contribution in [0.4, 0.5) is 32.2 Å². The molecule has 1 aromatic rings. The lowest BCUT2D eigenvalue weighted by atomic mass is 10.2. The molecule has 0 amide bonds. The first-order valence-electron chi connectivity index (χ1n) is 9.52. The van der Waals surface area contributed by atoms with Crippen molar-refractivity contribution in [2.45, 2.75) is 47.9 Å². The SMILES string of the molecule is Cc1sc(SCCCC(F)(F)C(F)(F)F)c2c(NS(=O)(=O)c3ccc(F)cc3)nc(=O)n-2c1C. The second-order valence-electron chi connectivity index (χ2n) is 7.17. The highest BCUT2D eigenvalue weighted by Gasteiger charge is 2.56. The van der Waals surface area contributed by atoms with E-state index in [-0.39, 0.29) is 22.2 Å². The molecule has 0 unspecified atom stereocenters. The van der Waals surface area contributed by atoms with Crippen LogP contribution in [0, 0.1) is 19.7 Å². The Morgan fingerprint density at radius 1 is 1.12 bits per heavy atom. The molecule has 0 spiro atoms. The Balaban J connectivity index is 1.92. The molecule has 0 bridgehead atoms. The number of thioether (sulfide) groups is 1. The number of hydrogen-bond donors (Lipinski definition) is 1. The molecule has 0 fully saturated rings. The van der Waals surface area contributed by atoms with E-state index >= 15 is 0 Å². The molecule has 0 aliphatic carbocycles. The summed E-state index contributed by atoms with van der Waals surface area (Å²) in [5.41, 5.74) is -0.292. The van der Waals surface area contributed by atoms with Gasteiger partial charge in [0.25, 0.3) is 10.0 Å². The molecule has 0 atom stereocenters. The number of aryl methyl sites for hydroxylation is 1. The van der Waals surface area contributed by atoms with Crippen molar-refractivity contribution in [1.82, 2.24) is 9.55 Å². The van der Waals surface area contributed by atoms with E-state index in [0.717, 1.165) is 51.9 Å². The molecule has 2 aliphatic rings. The van der Waals surface area contributed by atoms with E-state index in [4.69, 9.17) is 0 Å². The van der Waals surface area contributed by atoms with Gasteiger partial charge in [0.1, 0.15) is 11.5 Å². The Labute approximate surface area is 198 Å². The van der Waals surface area contributed by atoms with Crippen molar-refractivity contribution in [2.24, 2.45) is 0 Å². The zero-order valence-electron chi connectivity index (χ0n) is 17.5. The van der Waals surface area contributed by atoms with Crippen molar-refractivity contribution in [2.75, 3.05) is 10.5 Å². The van der Waals surface area contributed by atoms with Crippen LogP contribution < -0.4 is 10.4 Å². The number of nitrogens with zero attached hydrogens (tertiary/aromatic N) is 2. The van der Waals surface area contributed by atoms with E-state index in [9.17, 15) is 39.6 Å². The molecule has 3 rings (SSSR count). The van der Waals surface area contributed by atoms with E-state index in [1.54, 1.807) is 13.8 Å². The Morgan fingerprint density at radius 2 is 1.74 bits per heavy atom. The van der Waals surface area contributed by atoms with Crippen molar-refractivity contribution >= 4 is 38.9 Å². The van der Waals surface area contributed by atoms with Gasteiger partial charge in [-0.3, -0.25) is 9.29 Å². The Hall–Kier alpha value is -2.26. The molecule has 1 N–H and O–H groups in total. The van der Waals surface area contributed by atoms with Crippen molar-refractivity contribution in [1.29, 1.82) is 0 Å². The summed E-state index contributed by atoms with van der Waals surface area (Å²) < 4.78 is 106. The number of fused-ring (bicyclic) bond motifs is 1. The molecule has 186 valence electrons. The number of rotatable bonds is 8. The number of halogens is 6. The first-order valence-corrected chi connectivity index (χ1v) is 12.8. The van der Waals surface area contributed by atoms with Crippen LogP contribution >= 0.6 is 23.1 Å². The minimum absolute atomic E-state index is 0.0522. The van der Waals surface area contributed by atoms with Gasteiger partial charge in [0.05, 0.1) is 9.10 Å². The van der Waals surface area contributed by atoms with E-state index in [1.165, 1.54) is 0 Å². The van der Waals surface area contributed by atoms with E-state index in [2.05, 4.69) is 9.71 Å². The molecule has 1 aromatic carbocycles. The molecule has 6 nitrogen and oxygen atoms in total. The Kier molecular flexibility index (Phi) is 7.30. The molecule has 2 heterocycles. The Morgan fingerprint density at radius 3 is 2.32 bits per heavy atom. The summed E-state index contributed by atoms with van der Waals surface area (Å²) in [6.07, 6.45) is -7.55. The van der Waals surface area contributed by atoms with Crippen LogP contribution in [-0.2, 0) is 10.0 Å². The quantitative estimate of drug-likeness (QED) is 0.234. The molecule has 15 heteroatoms. The number of imidazole rings is 1. The number of nitrogens with one attached hydrogen (secondary N) is 1. The largest absolute Gasteiger partial charge is 0.453 e. The van der Waals surface area contributed by atoms with Crippen molar-refractivity contribution in [3.63, 3.8) is 0 Å². The lowest BCUT2D eigenvalue weighted by Crippen LogP contribution is -2.36. The lowest BCUT2D eigenvalue weighted by molar-refractivity contribution is -0.284. The van der Waals surface area contributed by atoms with Gasteiger partial charge >= 0.3 is 17.8 Å². The van der Waals surface area contributed by atoms with Crippen LogP contribution in [0.3, 0.4) is 0 Å². The average Bonchev–Trinajstić information content (AvgIpc) is 3.03. The predicted octanol–water partition coefficient (Wildman–Crippen LogP) is 5.36. The first kappa shape index (κ1) is 26.3. The molecule has 0 saturated carbocycles. The fraction of sp³-hybridized carbons (Fsp3) is 0.368. The maximum atomic E-state index is 13.2. The number of benzene rings is 1. The highest BCUT2D eigenvalue weighted by atomic mass is 32.2. The van der Waals surface area contributed by atoms with Gasteiger partial charge in [0.15, 0.2) is 5.82 Å². The summed E-state index contributed by atoms with van der Waals surface area (Å²) in [5, 5.41) is 0. The lowest BCUT2D eigenvalue weighted by Gasteiger charge is -2.19. The van der Waals surface area contributed by atoms with E-state index in [1.807, 2.05) is 0 Å². The van der Waals surface area contributed by atoms with E-state index < -0.39 is 46.5 Å². The molecular weight excluding hydrogens is 528 g/mol. The van der Waals surface area contributed by atoms with Crippen LogP contribution in [-0.4, -0.2) is 35.8 Å². The van der Waals surface area contributed by atoms with Crippen LogP contribution in [0.2, 0.25) is 0 Å². The predicted molar refractivity (Wildman–Crippen MR) is 117 cm³/mol. The van der Waals surface area contributed by atoms with Gasteiger partial charge in [-0.25, -0.2) is 17.6 Å². The zero-order chi connectivity index (χ0) is 25.5. The molecule has 2 aliphatic heterocycles. The van der Waals surface area contributed by atoms with Gasteiger partial charge in [-0.1, -0.05) is 0 Å². The smallest absolute Gasteiger partial charge is 0.261 e. The van der Waals surface area contributed by atoms with Crippen molar-refractivity contribution < 1.29 is 34.8 Å². The molecular formula is C19H17F6N3O3S3. The molecule has 0 radical (unpaired) electrons. The van der Waals surface area contributed by atoms with Gasteiger partial charge in [-0.05, 0) is 50.3 Å². The summed E-state index contributed by atoms with van der Waals surface area (Å²) in [6.45, 7) is 3.27. The second-order valence-corrected chi connectivity index (χ2v) is 11.4. The standard InChI is InChI=1S/C19H17F6N3O3S3/c1-10-11(2)33-16(32-9-3-8-18(21,22)19(23,24)25)14-15(26-17(29)28(10)14)27-34(30,31)13-6-4-12(20)5-7-13/h4-7H,3,8-9H2,1-2H3,(H,26,27,29). The van der Waals surface area contributed by atoms with Gasteiger partial charge in [0, 0.05) is 17.0 Å². The minimum Gasteiger partial charge on any atom is -0.261 e. The van der Waals surface area contributed by atoms with Gasteiger partial charge in [0.2, 0.25) is 0 Å². The number of aromatic nitrogens is 2. The average molecular weight is 546 g/mol. The molecule has 34 heavy (non-hydrogen) atoms. The molecule has 0 saturated heterocycles. The fourth-order valence-electron chi connectivity index (χ4n) is 2.89. The zero-order valence-corrected chi connectivity index (χ0v) is 20.0. The fourth-order valence-corrected chi connectivity index (χ4v) is 6.36. The number of alkyl halides is 5. The van der Waals surface area contributed by atoms with Crippen LogP contribution in [0.5, 0.6) is 0 Å². The maximum absolute atomic E-state index is 13.2.